The molecule has 0 amide bonds. The molecule has 4 N–H and O–H groups in total. The predicted octanol–water partition coefficient (Wildman–Crippen LogP) is 2.15. The molecule has 0 saturated heterocycles. The number of aliphatic hydroxyl groups excluding tert-OH is 1. The third-order valence-electron chi connectivity index (χ3n) is 4.12. The van der Waals surface area contributed by atoms with Gasteiger partial charge in [0.1, 0.15) is 18.0 Å². The van der Waals surface area contributed by atoms with Crippen LogP contribution in [0.25, 0.3) is 0 Å². The van der Waals surface area contributed by atoms with Crippen LogP contribution in [-0.2, 0) is 0 Å². The van der Waals surface area contributed by atoms with Gasteiger partial charge in [0, 0.05) is 17.5 Å². The van der Waals surface area contributed by atoms with Crippen LogP contribution >= 0.6 is 0 Å². The lowest BCUT2D eigenvalue weighted by molar-refractivity contribution is 0.142. The maximum Gasteiger partial charge on any atom is 0.135 e. The summed E-state index contributed by atoms with van der Waals surface area (Å²) in [4.78, 5) is 8.36. The van der Waals surface area contributed by atoms with Gasteiger partial charge in [0.05, 0.1) is 6.61 Å². The van der Waals surface area contributed by atoms with Crippen LogP contribution < -0.4 is 11.1 Å². The van der Waals surface area contributed by atoms with Crippen molar-refractivity contribution in [2.24, 2.45) is 5.41 Å². The molecule has 19 heavy (non-hydrogen) atoms. The SMILES string of the molecule is CC(C)c1c(N)ncnc1NCC1(CO)CCCC1. The van der Waals surface area contributed by atoms with Crippen molar-refractivity contribution in [2.45, 2.75) is 45.4 Å². The van der Waals surface area contributed by atoms with E-state index in [0.717, 1.165) is 30.8 Å². The molecule has 5 nitrogen and oxygen atoms in total. The van der Waals surface area contributed by atoms with Gasteiger partial charge >= 0.3 is 0 Å². The first kappa shape index (κ1) is 14.1. The highest BCUT2D eigenvalue weighted by Gasteiger charge is 2.33. The molecule has 0 bridgehead atoms. The molecule has 1 aromatic rings. The number of anilines is 2. The predicted molar refractivity (Wildman–Crippen MR) is 77.0 cm³/mol. The minimum atomic E-state index is 0.00790. The molecular weight excluding hydrogens is 240 g/mol. The molecule has 1 aromatic heterocycles. The molecule has 0 aliphatic heterocycles. The molecule has 1 fully saturated rings. The van der Waals surface area contributed by atoms with Crippen molar-refractivity contribution in [3.8, 4) is 0 Å². The molecule has 2 rings (SSSR count). The van der Waals surface area contributed by atoms with E-state index in [4.69, 9.17) is 5.73 Å². The lowest BCUT2D eigenvalue weighted by Gasteiger charge is -2.27. The molecule has 0 unspecified atom stereocenters. The molecule has 0 aromatic carbocycles. The molecule has 1 aliphatic carbocycles. The van der Waals surface area contributed by atoms with Crippen LogP contribution in [0.2, 0.25) is 0 Å². The molecule has 1 saturated carbocycles. The first-order valence-corrected chi connectivity index (χ1v) is 7.03. The van der Waals surface area contributed by atoms with Crippen molar-refractivity contribution < 1.29 is 5.11 Å². The Kier molecular flexibility index (Phi) is 4.24. The summed E-state index contributed by atoms with van der Waals surface area (Å²) in [5, 5.41) is 13.0. The summed E-state index contributed by atoms with van der Waals surface area (Å²) in [5.74, 6) is 1.62. The van der Waals surface area contributed by atoms with Crippen molar-refractivity contribution in [1.29, 1.82) is 0 Å². The Morgan fingerprint density at radius 3 is 2.63 bits per heavy atom. The fourth-order valence-corrected chi connectivity index (χ4v) is 2.91. The number of nitrogens with zero attached hydrogens (tertiary/aromatic N) is 2. The highest BCUT2D eigenvalue weighted by Crippen LogP contribution is 2.38. The number of aliphatic hydroxyl groups is 1. The van der Waals surface area contributed by atoms with E-state index in [2.05, 4.69) is 29.1 Å². The van der Waals surface area contributed by atoms with E-state index in [-0.39, 0.29) is 17.9 Å². The summed E-state index contributed by atoms with van der Waals surface area (Å²) < 4.78 is 0. The Balaban J connectivity index is 2.13. The summed E-state index contributed by atoms with van der Waals surface area (Å²) in [6.45, 7) is 5.15. The van der Waals surface area contributed by atoms with E-state index in [0.29, 0.717) is 5.82 Å². The molecular formula is C14H24N4O. The van der Waals surface area contributed by atoms with E-state index in [1.165, 1.54) is 19.2 Å². The third kappa shape index (κ3) is 2.97. The van der Waals surface area contributed by atoms with Crippen LogP contribution in [0, 0.1) is 5.41 Å². The quantitative estimate of drug-likeness (QED) is 0.759. The topological polar surface area (TPSA) is 84.1 Å². The first-order valence-electron chi connectivity index (χ1n) is 7.03. The Morgan fingerprint density at radius 2 is 2.05 bits per heavy atom. The van der Waals surface area contributed by atoms with Crippen LogP contribution in [0.1, 0.15) is 51.0 Å². The minimum absolute atomic E-state index is 0.00790. The maximum absolute atomic E-state index is 9.63. The number of aromatic nitrogens is 2. The second-order valence-corrected chi connectivity index (χ2v) is 5.89. The van der Waals surface area contributed by atoms with Gasteiger partial charge in [-0.2, -0.15) is 0 Å². The van der Waals surface area contributed by atoms with Crippen LogP contribution in [0.3, 0.4) is 0 Å². The average Bonchev–Trinajstić information content (AvgIpc) is 2.85. The van der Waals surface area contributed by atoms with Gasteiger partial charge in [-0.05, 0) is 18.8 Å². The van der Waals surface area contributed by atoms with Crippen molar-refractivity contribution in [3.63, 3.8) is 0 Å². The van der Waals surface area contributed by atoms with Crippen LogP contribution in [0.4, 0.5) is 11.6 Å². The molecule has 0 spiro atoms. The Labute approximate surface area is 114 Å². The minimum Gasteiger partial charge on any atom is -0.396 e. The van der Waals surface area contributed by atoms with Crippen molar-refractivity contribution in [3.05, 3.63) is 11.9 Å². The van der Waals surface area contributed by atoms with Gasteiger partial charge in [0.25, 0.3) is 0 Å². The van der Waals surface area contributed by atoms with Gasteiger partial charge in [-0.3, -0.25) is 0 Å². The lowest BCUT2D eigenvalue weighted by Crippen LogP contribution is -2.31. The Bertz CT molecular complexity index is 427. The van der Waals surface area contributed by atoms with Gasteiger partial charge in [-0.1, -0.05) is 26.7 Å². The van der Waals surface area contributed by atoms with Crippen LogP contribution in [0.15, 0.2) is 6.33 Å². The average molecular weight is 264 g/mol. The fourth-order valence-electron chi connectivity index (χ4n) is 2.91. The van der Waals surface area contributed by atoms with Crippen LogP contribution in [-0.4, -0.2) is 28.2 Å². The zero-order valence-electron chi connectivity index (χ0n) is 11.8. The van der Waals surface area contributed by atoms with E-state index in [1.807, 2.05) is 0 Å². The summed E-state index contributed by atoms with van der Waals surface area (Å²) in [6.07, 6.45) is 6.04. The summed E-state index contributed by atoms with van der Waals surface area (Å²) in [5.41, 5.74) is 6.91. The molecule has 106 valence electrons. The molecule has 0 radical (unpaired) electrons. The molecule has 1 aliphatic rings. The maximum atomic E-state index is 9.63. The van der Waals surface area contributed by atoms with E-state index >= 15 is 0 Å². The highest BCUT2D eigenvalue weighted by atomic mass is 16.3. The number of hydrogen-bond acceptors (Lipinski definition) is 5. The summed E-state index contributed by atoms with van der Waals surface area (Å²) >= 11 is 0. The highest BCUT2D eigenvalue weighted by molar-refractivity contribution is 5.56. The smallest absolute Gasteiger partial charge is 0.135 e. The summed E-state index contributed by atoms with van der Waals surface area (Å²) in [7, 11) is 0. The van der Waals surface area contributed by atoms with E-state index < -0.39 is 0 Å². The van der Waals surface area contributed by atoms with Crippen molar-refractivity contribution in [1.82, 2.24) is 9.97 Å². The number of rotatable bonds is 5. The van der Waals surface area contributed by atoms with Gasteiger partial charge in [-0.15, -0.1) is 0 Å². The third-order valence-corrected chi connectivity index (χ3v) is 4.12. The monoisotopic (exact) mass is 264 g/mol. The standard InChI is InChI=1S/C14H24N4O/c1-10(2)11-12(15)17-9-18-13(11)16-7-14(8-19)5-3-4-6-14/h9-10,19H,3-8H2,1-2H3,(H3,15,16,17,18). The first-order chi connectivity index (χ1) is 9.08. The number of nitrogens with two attached hydrogens (primary N) is 1. The van der Waals surface area contributed by atoms with Gasteiger partial charge in [0.2, 0.25) is 0 Å². The second-order valence-electron chi connectivity index (χ2n) is 5.89. The van der Waals surface area contributed by atoms with Gasteiger partial charge < -0.3 is 16.2 Å². The van der Waals surface area contributed by atoms with Crippen molar-refractivity contribution in [2.75, 3.05) is 24.2 Å². The van der Waals surface area contributed by atoms with E-state index in [9.17, 15) is 5.11 Å². The second kappa shape index (κ2) is 5.74. The molecule has 0 atom stereocenters. The fraction of sp³-hybridized carbons (Fsp3) is 0.714. The van der Waals surface area contributed by atoms with Crippen LogP contribution in [0.5, 0.6) is 0 Å². The van der Waals surface area contributed by atoms with Crippen molar-refractivity contribution >= 4 is 11.6 Å². The van der Waals surface area contributed by atoms with E-state index in [1.54, 1.807) is 0 Å². The zero-order valence-corrected chi connectivity index (χ0v) is 11.8. The Hall–Kier alpha value is -1.36. The summed E-state index contributed by atoms with van der Waals surface area (Å²) in [6, 6.07) is 0. The largest absolute Gasteiger partial charge is 0.396 e. The molecule has 5 heteroatoms. The number of hydrogen-bond donors (Lipinski definition) is 3. The molecule has 1 heterocycles. The van der Waals surface area contributed by atoms with Gasteiger partial charge in [-0.25, -0.2) is 9.97 Å². The number of nitrogens with one attached hydrogen (secondary N) is 1. The normalized spacial score (nSPS) is 17.9. The number of nitrogen functional groups attached to an aromatic ring is 1. The lowest BCUT2D eigenvalue weighted by atomic mass is 9.87. The van der Waals surface area contributed by atoms with Gasteiger partial charge in [0.15, 0.2) is 0 Å². The Morgan fingerprint density at radius 1 is 1.37 bits per heavy atom. The zero-order chi connectivity index (χ0) is 13.9.